The lowest BCUT2D eigenvalue weighted by Gasteiger charge is -2.36. The average molecular weight is 389 g/mol. The molecule has 27 heavy (non-hydrogen) atoms. The molecule has 0 unspecified atom stereocenters. The molecule has 0 aliphatic carbocycles. The van der Waals surface area contributed by atoms with Gasteiger partial charge in [-0.3, -0.25) is 9.58 Å². The van der Waals surface area contributed by atoms with E-state index in [2.05, 4.69) is 10.4 Å². The molecule has 0 radical (unpaired) electrons. The number of halogens is 1. The van der Waals surface area contributed by atoms with Gasteiger partial charge in [0, 0.05) is 12.7 Å². The van der Waals surface area contributed by atoms with Crippen LogP contribution in [0.4, 0.5) is 4.79 Å². The number of nitrogens with one attached hydrogen (secondary N) is 1. The summed E-state index contributed by atoms with van der Waals surface area (Å²) in [6.45, 7) is 4.47. The molecule has 1 aliphatic rings. The van der Waals surface area contributed by atoms with E-state index < -0.39 is 12.0 Å². The SMILES string of the molecule is CCOC(=O)C1=C(Cn2cc(Cl)cn2)N(CC)C(=O)N[C@@H]1c1ccccc1. The summed E-state index contributed by atoms with van der Waals surface area (Å²) >= 11 is 5.97. The van der Waals surface area contributed by atoms with Gasteiger partial charge in [-0.15, -0.1) is 0 Å². The zero-order chi connectivity index (χ0) is 19.4. The Hall–Kier alpha value is -2.80. The number of hydrogen-bond donors (Lipinski definition) is 1. The largest absolute Gasteiger partial charge is 0.463 e. The van der Waals surface area contributed by atoms with Crippen LogP contribution in [-0.4, -0.2) is 39.8 Å². The highest BCUT2D eigenvalue weighted by Gasteiger charge is 2.37. The van der Waals surface area contributed by atoms with Crippen molar-refractivity contribution in [3.8, 4) is 0 Å². The molecule has 1 aromatic carbocycles. The molecule has 0 saturated carbocycles. The minimum absolute atomic E-state index is 0.228. The number of esters is 1. The Balaban J connectivity index is 2.14. The van der Waals surface area contributed by atoms with Crippen molar-refractivity contribution >= 4 is 23.6 Å². The van der Waals surface area contributed by atoms with E-state index in [0.29, 0.717) is 22.8 Å². The van der Waals surface area contributed by atoms with Gasteiger partial charge in [0.1, 0.15) is 0 Å². The molecule has 1 N–H and O–H groups in total. The summed E-state index contributed by atoms with van der Waals surface area (Å²) in [4.78, 5) is 27.1. The number of aromatic nitrogens is 2. The highest BCUT2D eigenvalue weighted by molar-refractivity contribution is 6.30. The number of nitrogens with zero attached hydrogens (tertiary/aromatic N) is 3. The monoisotopic (exact) mass is 388 g/mol. The topological polar surface area (TPSA) is 76.5 Å². The van der Waals surface area contributed by atoms with Crippen LogP contribution in [0.15, 0.2) is 54.0 Å². The van der Waals surface area contributed by atoms with Crippen LogP contribution in [0.1, 0.15) is 25.5 Å². The van der Waals surface area contributed by atoms with Crippen LogP contribution in [-0.2, 0) is 16.1 Å². The quantitative estimate of drug-likeness (QED) is 0.771. The number of likely N-dealkylation sites (N-methyl/N-ethyl adjacent to an activating group) is 1. The van der Waals surface area contributed by atoms with Crippen molar-refractivity contribution in [2.75, 3.05) is 13.2 Å². The fourth-order valence-corrected chi connectivity index (χ4v) is 3.29. The number of carbonyl (C=O) groups is 2. The van der Waals surface area contributed by atoms with Gasteiger partial charge in [-0.2, -0.15) is 5.10 Å². The number of carbonyl (C=O) groups excluding carboxylic acids is 2. The van der Waals surface area contributed by atoms with Crippen LogP contribution in [0.3, 0.4) is 0 Å². The van der Waals surface area contributed by atoms with Crippen molar-refractivity contribution in [3.63, 3.8) is 0 Å². The van der Waals surface area contributed by atoms with Crippen molar-refractivity contribution in [1.29, 1.82) is 0 Å². The highest BCUT2D eigenvalue weighted by Crippen LogP contribution is 2.32. The Morgan fingerprint density at radius 1 is 1.30 bits per heavy atom. The summed E-state index contributed by atoms with van der Waals surface area (Å²) in [5, 5.41) is 7.58. The van der Waals surface area contributed by atoms with E-state index in [1.165, 1.54) is 11.1 Å². The van der Waals surface area contributed by atoms with E-state index in [1.54, 1.807) is 17.8 Å². The molecule has 2 amide bonds. The van der Waals surface area contributed by atoms with E-state index in [-0.39, 0.29) is 19.2 Å². The first-order valence-corrected chi connectivity index (χ1v) is 9.14. The van der Waals surface area contributed by atoms with Crippen LogP contribution in [0.2, 0.25) is 5.02 Å². The summed E-state index contributed by atoms with van der Waals surface area (Å²) in [7, 11) is 0. The zero-order valence-electron chi connectivity index (χ0n) is 15.2. The van der Waals surface area contributed by atoms with Gasteiger partial charge in [0.15, 0.2) is 0 Å². The summed E-state index contributed by atoms with van der Waals surface area (Å²) in [5.74, 6) is -0.460. The van der Waals surface area contributed by atoms with Gasteiger partial charge >= 0.3 is 12.0 Å². The van der Waals surface area contributed by atoms with Crippen LogP contribution < -0.4 is 5.32 Å². The lowest BCUT2D eigenvalue weighted by atomic mass is 9.94. The fourth-order valence-electron chi connectivity index (χ4n) is 3.13. The molecule has 2 heterocycles. The predicted molar refractivity (Wildman–Crippen MR) is 101 cm³/mol. The van der Waals surface area contributed by atoms with E-state index >= 15 is 0 Å². The summed E-state index contributed by atoms with van der Waals surface area (Å²) in [5.41, 5.74) is 1.75. The number of hydrogen-bond acceptors (Lipinski definition) is 4. The smallest absolute Gasteiger partial charge is 0.338 e. The molecule has 3 rings (SSSR count). The highest BCUT2D eigenvalue weighted by atomic mass is 35.5. The molecular formula is C19H21ClN4O3. The van der Waals surface area contributed by atoms with Crippen molar-refractivity contribution in [2.24, 2.45) is 0 Å². The molecule has 1 atom stereocenters. The Morgan fingerprint density at radius 2 is 2.04 bits per heavy atom. The Labute approximate surface area is 162 Å². The fraction of sp³-hybridized carbons (Fsp3) is 0.316. The van der Waals surface area contributed by atoms with E-state index in [0.717, 1.165) is 5.56 Å². The standard InChI is InChI=1S/C19H21ClN4O3/c1-3-24-15(12-23-11-14(20)10-21-23)16(18(25)27-4-2)17(22-19(24)26)13-8-6-5-7-9-13/h5-11,17H,3-4,12H2,1-2H3,(H,22,26)/t17-/m1/s1. The second-order valence-corrected chi connectivity index (χ2v) is 6.41. The normalized spacial score (nSPS) is 17.1. The van der Waals surface area contributed by atoms with Gasteiger partial charge in [-0.25, -0.2) is 9.59 Å². The van der Waals surface area contributed by atoms with Gasteiger partial charge in [0.25, 0.3) is 0 Å². The summed E-state index contributed by atoms with van der Waals surface area (Å²) < 4.78 is 6.90. The molecule has 0 fully saturated rings. The molecule has 142 valence electrons. The number of urea groups is 1. The van der Waals surface area contributed by atoms with Crippen molar-refractivity contribution in [3.05, 3.63) is 64.6 Å². The minimum Gasteiger partial charge on any atom is -0.463 e. The molecule has 2 aromatic rings. The van der Waals surface area contributed by atoms with Crippen LogP contribution in [0, 0.1) is 0 Å². The van der Waals surface area contributed by atoms with Crippen molar-refractivity contribution < 1.29 is 14.3 Å². The third-order valence-corrected chi connectivity index (χ3v) is 4.49. The van der Waals surface area contributed by atoms with E-state index in [1.807, 2.05) is 37.3 Å². The molecule has 1 aliphatic heterocycles. The van der Waals surface area contributed by atoms with E-state index in [9.17, 15) is 9.59 Å². The summed E-state index contributed by atoms with van der Waals surface area (Å²) in [6.07, 6.45) is 3.16. The number of allylic oxidation sites excluding steroid dienone is 1. The molecule has 0 spiro atoms. The predicted octanol–water partition coefficient (Wildman–Crippen LogP) is 3.14. The van der Waals surface area contributed by atoms with Gasteiger partial charge < -0.3 is 10.1 Å². The average Bonchev–Trinajstić information content (AvgIpc) is 3.07. The van der Waals surface area contributed by atoms with Crippen LogP contribution in [0.25, 0.3) is 0 Å². The Bertz CT molecular complexity index is 863. The van der Waals surface area contributed by atoms with Gasteiger partial charge in [0.05, 0.1) is 41.7 Å². The van der Waals surface area contributed by atoms with Crippen molar-refractivity contribution in [1.82, 2.24) is 20.0 Å². The first-order chi connectivity index (χ1) is 13.0. The molecule has 0 bridgehead atoms. The zero-order valence-corrected chi connectivity index (χ0v) is 15.9. The maximum atomic E-state index is 12.8. The molecule has 1 aromatic heterocycles. The third-order valence-electron chi connectivity index (χ3n) is 4.30. The number of benzene rings is 1. The first kappa shape index (κ1) is 19.0. The van der Waals surface area contributed by atoms with Crippen molar-refractivity contribution in [2.45, 2.75) is 26.4 Å². The van der Waals surface area contributed by atoms with Crippen LogP contribution in [0.5, 0.6) is 0 Å². The molecule has 7 nitrogen and oxygen atoms in total. The maximum Gasteiger partial charge on any atom is 0.338 e. The Morgan fingerprint density at radius 3 is 2.63 bits per heavy atom. The van der Waals surface area contributed by atoms with Crippen LogP contribution >= 0.6 is 11.6 Å². The molecule has 8 heteroatoms. The van der Waals surface area contributed by atoms with Gasteiger partial charge in [0.2, 0.25) is 0 Å². The second-order valence-electron chi connectivity index (χ2n) is 5.97. The maximum absolute atomic E-state index is 12.8. The van der Waals surface area contributed by atoms with E-state index in [4.69, 9.17) is 16.3 Å². The van der Waals surface area contributed by atoms with Gasteiger partial charge in [-0.05, 0) is 19.4 Å². The number of amides is 2. The van der Waals surface area contributed by atoms with Gasteiger partial charge in [-0.1, -0.05) is 41.9 Å². The number of rotatable bonds is 6. The second kappa shape index (κ2) is 8.26. The number of ether oxygens (including phenoxy) is 1. The lowest BCUT2D eigenvalue weighted by molar-refractivity contribution is -0.139. The Kier molecular flexibility index (Phi) is 5.81. The minimum atomic E-state index is -0.596. The first-order valence-electron chi connectivity index (χ1n) is 8.76. The summed E-state index contributed by atoms with van der Waals surface area (Å²) in [6, 6.07) is 8.48. The molecular weight excluding hydrogens is 368 g/mol. The third kappa shape index (κ3) is 3.98. The molecule has 0 saturated heterocycles. The lowest BCUT2D eigenvalue weighted by Crippen LogP contribution is -2.49.